The van der Waals surface area contributed by atoms with Gasteiger partial charge in [0.05, 0.1) is 12.6 Å². The smallest absolute Gasteiger partial charge is 0.322 e. The molecule has 0 saturated carbocycles. The lowest BCUT2D eigenvalue weighted by atomic mass is 10.1. The zero-order valence-electron chi connectivity index (χ0n) is 16.6. The van der Waals surface area contributed by atoms with Crippen LogP contribution in [0, 0.1) is 0 Å². The Bertz CT molecular complexity index is 533. The fraction of sp³-hybridized carbons (Fsp3) is 0.765. The number of unbranched alkanes of at least 4 members (excludes halogenated alkanes) is 2. The summed E-state index contributed by atoms with van der Waals surface area (Å²) in [6.45, 7) is -0.485. The molecule has 3 unspecified atom stereocenters. The van der Waals surface area contributed by atoms with Crippen LogP contribution in [0.25, 0.3) is 0 Å². The van der Waals surface area contributed by atoms with Crippen LogP contribution < -0.4 is 33.2 Å². The first kappa shape index (κ1) is 26.7. The number of nitrogens with one attached hydrogen (secondary N) is 3. The van der Waals surface area contributed by atoms with Crippen LogP contribution in [0.1, 0.15) is 38.5 Å². The van der Waals surface area contributed by atoms with E-state index in [0.717, 1.165) is 6.42 Å². The number of nitrogens with two attached hydrogens (primary N) is 3. The quantitative estimate of drug-likeness (QED) is 0.118. The predicted molar refractivity (Wildman–Crippen MR) is 105 cm³/mol. The maximum atomic E-state index is 12.5. The Balaban J connectivity index is 4.93. The molecular formula is C17H34N6O6. The summed E-state index contributed by atoms with van der Waals surface area (Å²) in [5.41, 5.74) is 16.7. The molecule has 12 heteroatoms. The molecule has 0 fully saturated rings. The van der Waals surface area contributed by atoms with E-state index in [1.54, 1.807) is 0 Å². The maximum Gasteiger partial charge on any atom is 0.322 e. The Morgan fingerprint density at radius 2 is 1.34 bits per heavy atom. The van der Waals surface area contributed by atoms with Gasteiger partial charge in [0.15, 0.2) is 0 Å². The van der Waals surface area contributed by atoms with E-state index in [9.17, 15) is 24.3 Å². The van der Waals surface area contributed by atoms with Gasteiger partial charge in [-0.05, 0) is 45.2 Å². The molecule has 168 valence electrons. The van der Waals surface area contributed by atoms with Gasteiger partial charge < -0.3 is 43.4 Å². The second kappa shape index (κ2) is 15.6. The van der Waals surface area contributed by atoms with E-state index < -0.39 is 55.0 Å². The van der Waals surface area contributed by atoms with Gasteiger partial charge in [-0.1, -0.05) is 6.42 Å². The first-order chi connectivity index (χ1) is 13.8. The van der Waals surface area contributed by atoms with Crippen LogP contribution in [0.5, 0.6) is 0 Å². The standard InChI is InChI=1S/C17H34N6O6/c18-7-3-1-5-11(20)15(27)22-12(6-2-4-8-19)17(29)23-13(10-24)16(28)21-9-14(25)26/h11-13,24H,1-10,18-20H2,(H,21,28)(H,22,27)(H,23,29)(H,25,26). The van der Waals surface area contributed by atoms with Gasteiger partial charge in [0.2, 0.25) is 17.7 Å². The number of carbonyl (C=O) groups is 4. The first-order valence-electron chi connectivity index (χ1n) is 9.63. The van der Waals surface area contributed by atoms with Crippen molar-refractivity contribution in [2.24, 2.45) is 17.2 Å². The van der Waals surface area contributed by atoms with Gasteiger partial charge >= 0.3 is 5.97 Å². The minimum absolute atomic E-state index is 0.263. The molecule has 0 aromatic carbocycles. The van der Waals surface area contributed by atoms with E-state index in [-0.39, 0.29) is 6.42 Å². The van der Waals surface area contributed by atoms with E-state index in [1.807, 2.05) is 0 Å². The van der Waals surface area contributed by atoms with Crippen molar-refractivity contribution >= 4 is 23.7 Å². The minimum atomic E-state index is -1.35. The molecule has 3 atom stereocenters. The topological polar surface area (TPSA) is 223 Å². The zero-order valence-corrected chi connectivity index (χ0v) is 16.6. The number of aliphatic hydroxyl groups is 1. The van der Waals surface area contributed by atoms with E-state index in [1.165, 1.54) is 0 Å². The van der Waals surface area contributed by atoms with E-state index in [4.69, 9.17) is 22.3 Å². The van der Waals surface area contributed by atoms with E-state index in [0.29, 0.717) is 38.8 Å². The Kier molecular flexibility index (Phi) is 14.4. The SMILES string of the molecule is NCCCCC(N)C(=O)NC(CCCCN)C(=O)NC(CO)C(=O)NCC(=O)O. The number of carbonyl (C=O) groups excluding carboxylic acids is 3. The molecule has 0 rings (SSSR count). The van der Waals surface area contributed by atoms with Crippen molar-refractivity contribution in [2.45, 2.75) is 56.7 Å². The van der Waals surface area contributed by atoms with Gasteiger partial charge in [-0.15, -0.1) is 0 Å². The van der Waals surface area contributed by atoms with Crippen molar-refractivity contribution in [1.29, 1.82) is 0 Å². The van der Waals surface area contributed by atoms with Gasteiger partial charge in [0.25, 0.3) is 0 Å². The molecule has 0 spiro atoms. The number of aliphatic carboxylic acids is 1. The van der Waals surface area contributed by atoms with Crippen molar-refractivity contribution < 1.29 is 29.4 Å². The van der Waals surface area contributed by atoms with Crippen molar-refractivity contribution in [3.8, 4) is 0 Å². The van der Waals surface area contributed by atoms with Crippen LogP contribution in [0.15, 0.2) is 0 Å². The largest absolute Gasteiger partial charge is 0.480 e. The summed E-state index contributed by atoms with van der Waals surface area (Å²) in [7, 11) is 0. The van der Waals surface area contributed by atoms with E-state index in [2.05, 4.69) is 16.0 Å². The fourth-order valence-corrected chi connectivity index (χ4v) is 2.43. The van der Waals surface area contributed by atoms with Gasteiger partial charge in [-0.25, -0.2) is 0 Å². The fourth-order valence-electron chi connectivity index (χ4n) is 2.43. The van der Waals surface area contributed by atoms with Crippen molar-refractivity contribution in [3.05, 3.63) is 0 Å². The molecule has 0 aromatic rings. The van der Waals surface area contributed by atoms with Crippen LogP contribution in [0.2, 0.25) is 0 Å². The van der Waals surface area contributed by atoms with Crippen molar-refractivity contribution in [3.63, 3.8) is 0 Å². The molecular weight excluding hydrogens is 384 g/mol. The summed E-state index contributed by atoms with van der Waals surface area (Å²) < 4.78 is 0. The molecule has 3 amide bonds. The number of hydrogen-bond donors (Lipinski definition) is 8. The van der Waals surface area contributed by atoms with Gasteiger partial charge in [0.1, 0.15) is 18.6 Å². The number of aliphatic hydroxyl groups excluding tert-OH is 1. The summed E-state index contributed by atoms with van der Waals surface area (Å²) in [5, 5.41) is 24.9. The number of hydrogen-bond acceptors (Lipinski definition) is 8. The third-order valence-electron chi connectivity index (χ3n) is 4.12. The highest BCUT2D eigenvalue weighted by Gasteiger charge is 2.27. The maximum absolute atomic E-state index is 12.5. The summed E-state index contributed by atoms with van der Waals surface area (Å²) in [6.07, 6.45) is 3.25. The Morgan fingerprint density at radius 3 is 1.86 bits per heavy atom. The lowest BCUT2D eigenvalue weighted by Crippen LogP contribution is -2.57. The van der Waals surface area contributed by atoms with Crippen LogP contribution in [0.4, 0.5) is 0 Å². The highest BCUT2D eigenvalue weighted by molar-refractivity contribution is 5.93. The monoisotopic (exact) mass is 418 g/mol. The lowest BCUT2D eigenvalue weighted by molar-refractivity contribution is -0.139. The summed E-state index contributed by atoms with van der Waals surface area (Å²) >= 11 is 0. The Labute approximate surface area is 169 Å². The molecule has 0 saturated heterocycles. The van der Waals surface area contributed by atoms with Crippen LogP contribution in [-0.2, 0) is 19.2 Å². The molecule has 0 heterocycles. The van der Waals surface area contributed by atoms with Crippen molar-refractivity contribution in [1.82, 2.24) is 16.0 Å². The van der Waals surface area contributed by atoms with Gasteiger partial charge in [0, 0.05) is 0 Å². The van der Waals surface area contributed by atoms with E-state index >= 15 is 0 Å². The molecule has 11 N–H and O–H groups in total. The van der Waals surface area contributed by atoms with Crippen LogP contribution >= 0.6 is 0 Å². The first-order valence-corrected chi connectivity index (χ1v) is 9.63. The second-order valence-corrected chi connectivity index (χ2v) is 6.59. The average Bonchev–Trinajstić information content (AvgIpc) is 2.69. The zero-order chi connectivity index (χ0) is 22.2. The average molecular weight is 418 g/mol. The predicted octanol–water partition coefficient (Wildman–Crippen LogP) is -3.27. The molecule has 0 aliphatic rings. The Morgan fingerprint density at radius 1 is 0.793 bits per heavy atom. The highest BCUT2D eigenvalue weighted by Crippen LogP contribution is 2.04. The van der Waals surface area contributed by atoms with Gasteiger partial charge in [-0.3, -0.25) is 19.2 Å². The number of amides is 3. The molecule has 0 radical (unpaired) electrons. The second-order valence-electron chi connectivity index (χ2n) is 6.59. The Hall–Kier alpha value is -2.28. The molecule has 0 aliphatic carbocycles. The highest BCUT2D eigenvalue weighted by atomic mass is 16.4. The van der Waals surface area contributed by atoms with Crippen molar-refractivity contribution in [2.75, 3.05) is 26.2 Å². The molecule has 0 aromatic heterocycles. The normalized spacial score (nSPS) is 13.8. The molecule has 12 nitrogen and oxygen atoms in total. The minimum Gasteiger partial charge on any atom is -0.480 e. The summed E-state index contributed by atoms with van der Waals surface area (Å²) in [4.78, 5) is 47.3. The third-order valence-corrected chi connectivity index (χ3v) is 4.12. The molecule has 0 aliphatic heterocycles. The lowest BCUT2D eigenvalue weighted by Gasteiger charge is -2.23. The summed E-state index contributed by atoms with van der Waals surface area (Å²) in [6, 6.07) is -3.14. The summed E-state index contributed by atoms with van der Waals surface area (Å²) in [5.74, 6) is -3.31. The number of carboxylic acid groups (broad SMARTS) is 1. The molecule has 29 heavy (non-hydrogen) atoms. The molecule has 0 bridgehead atoms. The number of rotatable bonds is 16. The third kappa shape index (κ3) is 12.0. The number of carboxylic acids is 1. The van der Waals surface area contributed by atoms with Gasteiger partial charge in [-0.2, -0.15) is 0 Å². The van der Waals surface area contributed by atoms with Crippen LogP contribution in [0.3, 0.4) is 0 Å². The van der Waals surface area contributed by atoms with Crippen LogP contribution in [-0.4, -0.2) is 78.3 Å².